The normalized spacial score (nSPS) is 18.1. The number of hydrogen-bond donors (Lipinski definition) is 2. The standard InChI is InChI=1S/C17H17FN2O3/c18-12-6-2-1-5-11(12)14-8-9-15(23-14)17(22)20-13-7-3-4-10-19-16(13)21/h1-2,5-6,8-9,13H,3-4,7,10H2,(H,19,21)(H,20,22). The first-order chi connectivity index (χ1) is 11.1. The number of amides is 2. The summed E-state index contributed by atoms with van der Waals surface area (Å²) in [5.41, 5.74) is 0.291. The molecule has 5 nitrogen and oxygen atoms in total. The fourth-order valence-electron chi connectivity index (χ4n) is 2.57. The van der Waals surface area contributed by atoms with Crippen molar-refractivity contribution in [2.45, 2.75) is 25.3 Å². The molecule has 1 aliphatic heterocycles. The second-order valence-electron chi connectivity index (χ2n) is 5.46. The molecule has 0 bridgehead atoms. The van der Waals surface area contributed by atoms with Crippen molar-refractivity contribution >= 4 is 11.8 Å². The summed E-state index contributed by atoms with van der Waals surface area (Å²) in [5, 5.41) is 5.42. The fourth-order valence-corrected chi connectivity index (χ4v) is 2.57. The minimum absolute atomic E-state index is 0.0558. The molecule has 2 heterocycles. The molecule has 120 valence electrons. The number of halogens is 1. The predicted octanol–water partition coefficient (Wildman–Crippen LogP) is 2.48. The highest BCUT2D eigenvalue weighted by molar-refractivity contribution is 5.96. The Kier molecular flexibility index (Phi) is 4.41. The molecular weight excluding hydrogens is 299 g/mol. The molecule has 2 N–H and O–H groups in total. The topological polar surface area (TPSA) is 71.3 Å². The van der Waals surface area contributed by atoms with Gasteiger partial charge in [0.1, 0.15) is 17.6 Å². The Morgan fingerprint density at radius 1 is 1.22 bits per heavy atom. The van der Waals surface area contributed by atoms with Gasteiger partial charge in [0, 0.05) is 6.54 Å². The van der Waals surface area contributed by atoms with E-state index in [1.807, 2.05) is 0 Å². The van der Waals surface area contributed by atoms with Gasteiger partial charge in [-0.15, -0.1) is 0 Å². The Bertz CT molecular complexity index is 726. The monoisotopic (exact) mass is 316 g/mol. The van der Waals surface area contributed by atoms with Crippen molar-refractivity contribution in [3.8, 4) is 11.3 Å². The number of carbonyl (C=O) groups is 2. The Morgan fingerprint density at radius 3 is 2.87 bits per heavy atom. The van der Waals surface area contributed by atoms with Crippen LogP contribution in [0.3, 0.4) is 0 Å². The molecule has 1 unspecified atom stereocenters. The van der Waals surface area contributed by atoms with Gasteiger partial charge >= 0.3 is 0 Å². The van der Waals surface area contributed by atoms with Gasteiger partial charge in [-0.1, -0.05) is 12.1 Å². The molecule has 1 atom stereocenters. The van der Waals surface area contributed by atoms with Crippen LogP contribution in [-0.2, 0) is 4.79 Å². The van der Waals surface area contributed by atoms with Crippen molar-refractivity contribution in [1.82, 2.24) is 10.6 Å². The van der Waals surface area contributed by atoms with Gasteiger partial charge in [-0.25, -0.2) is 4.39 Å². The van der Waals surface area contributed by atoms with Crippen molar-refractivity contribution < 1.29 is 18.4 Å². The lowest BCUT2D eigenvalue weighted by atomic mass is 10.1. The van der Waals surface area contributed by atoms with E-state index in [4.69, 9.17) is 4.42 Å². The lowest BCUT2D eigenvalue weighted by Gasteiger charge is -2.14. The quantitative estimate of drug-likeness (QED) is 0.914. The molecule has 1 saturated heterocycles. The minimum atomic E-state index is -0.563. The molecule has 6 heteroatoms. The van der Waals surface area contributed by atoms with Gasteiger partial charge in [0.05, 0.1) is 5.56 Å². The SMILES string of the molecule is O=C(NC1CCCCNC1=O)c1ccc(-c2ccccc2F)o1. The summed E-state index contributed by atoms with van der Waals surface area (Å²) in [5.74, 6) is -0.748. The lowest BCUT2D eigenvalue weighted by Crippen LogP contribution is -2.45. The zero-order valence-electron chi connectivity index (χ0n) is 12.5. The van der Waals surface area contributed by atoms with Crippen molar-refractivity contribution in [2.75, 3.05) is 6.54 Å². The zero-order valence-corrected chi connectivity index (χ0v) is 12.5. The van der Waals surface area contributed by atoms with E-state index >= 15 is 0 Å². The van der Waals surface area contributed by atoms with Gasteiger partial charge in [0.2, 0.25) is 5.91 Å². The highest BCUT2D eigenvalue weighted by atomic mass is 19.1. The van der Waals surface area contributed by atoms with Crippen molar-refractivity contribution in [2.24, 2.45) is 0 Å². The Balaban J connectivity index is 1.74. The van der Waals surface area contributed by atoms with Gasteiger partial charge in [0.15, 0.2) is 5.76 Å². The first kappa shape index (κ1) is 15.3. The maximum absolute atomic E-state index is 13.7. The van der Waals surface area contributed by atoms with Gasteiger partial charge in [0.25, 0.3) is 5.91 Å². The average Bonchev–Trinajstić information content (AvgIpc) is 2.95. The van der Waals surface area contributed by atoms with Crippen LogP contribution in [0.5, 0.6) is 0 Å². The summed E-state index contributed by atoms with van der Waals surface area (Å²) in [6.07, 6.45) is 2.36. The summed E-state index contributed by atoms with van der Waals surface area (Å²) >= 11 is 0. The molecule has 1 aliphatic rings. The van der Waals surface area contributed by atoms with E-state index in [0.717, 1.165) is 12.8 Å². The summed E-state index contributed by atoms with van der Waals surface area (Å²) in [7, 11) is 0. The first-order valence-electron chi connectivity index (χ1n) is 7.58. The molecule has 3 rings (SSSR count). The van der Waals surface area contributed by atoms with Gasteiger partial charge in [-0.3, -0.25) is 9.59 Å². The average molecular weight is 316 g/mol. The number of rotatable bonds is 3. The Labute approximate surface area is 132 Å². The molecular formula is C17H17FN2O3. The molecule has 2 amide bonds. The summed E-state index contributed by atoms with van der Waals surface area (Å²) in [4.78, 5) is 24.1. The molecule has 1 fully saturated rings. The van der Waals surface area contributed by atoms with E-state index < -0.39 is 17.8 Å². The highest BCUT2D eigenvalue weighted by Gasteiger charge is 2.24. The third kappa shape index (κ3) is 3.41. The molecule has 23 heavy (non-hydrogen) atoms. The van der Waals surface area contributed by atoms with E-state index in [1.165, 1.54) is 12.1 Å². The zero-order chi connectivity index (χ0) is 16.2. The van der Waals surface area contributed by atoms with Crippen LogP contribution in [0.15, 0.2) is 40.8 Å². The van der Waals surface area contributed by atoms with Gasteiger partial charge < -0.3 is 15.1 Å². The van der Waals surface area contributed by atoms with E-state index in [2.05, 4.69) is 10.6 Å². The smallest absolute Gasteiger partial charge is 0.287 e. The van der Waals surface area contributed by atoms with Crippen LogP contribution in [0.25, 0.3) is 11.3 Å². The number of benzene rings is 1. The van der Waals surface area contributed by atoms with Crippen LogP contribution in [0.1, 0.15) is 29.8 Å². The fraction of sp³-hybridized carbons (Fsp3) is 0.294. The van der Waals surface area contributed by atoms with Crippen LogP contribution in [-0.4, -0.2) is 24.4 Å². The van der Waals surface area contributed by atoms with Crippen LogP contribution in [0, 0.1) is 5.82 Å². The number of hydrogen-bond acceptors (Lipinski definition) is 3. The molecule has 0 radical (unpaired) electrons. The Hall–Kier alpha value is -2.63. The highest BCUT2D eigenvalue weighted by Crippen LogP contribution is 2.24. The molecule has 0 spiro atoms. The molecule has 1 aromatic heterocycles. The van der Waals surface area contributed by atoms with Crippen LogP contribution < -0.4 is 10.6 Å². The van der Waals surface area contributed by atoms with E-state index in [-0.39, 0.29) is 17.4 Å². The molecule has 1 aromatic carbocycles. The maximum atomic E-state index is 13.7. The second-order valence-corrected chi connectivity index (χ2v) is 5.46. The van der Waals surface area contributed by atoms with Crippen LogP contribution >= 0.6 is 0 Å². The van der Waals surface area contributed by atoms with Crippen LogP contribution in [0.2, 0.25) is 0 Å². The number of carbonyl (C=O) groups excluding carboxylic acids is 2. The molecule has 2 aromatic rings. The largest absolute Gasteiger partial charge is 0.451 e. The summed E-state index contributed by atoms with van der Waals surface area (Å²) < 4.78 is 19.2. The summed E-state index contributed by atoms with van der Waals surface area (Å²) in [6, 6.07) is 8.64. The minimum Gasteiger partial charge on any atom is -0.451 e. The van der Waals surface area contributed by atoms with Crippen LogP contribution in [0.4, 0.5) is 4.39 Å². The first-order valence-corrected chi connectivity index (χ1v) is 7.58. The molecule has 0 saturated carbocycles. The molecule has 0 aliphatic carbocycles. The second kappa shape index (κ2) is 6.64. The number of nitrogens with one attached hydrogen (secondary N) is 2. The van der Waals surface area contributed by atoms with Crippen molar-refractivity contribution in [3.63, 3.8) is 0 Å². The maximum Gasteiger partial charge on any atom is 0.287 e. The van der Waals surface area contributed by atoms with Gasteiger partial charge in [-0.05, 0) is 43.5 Å². The number of furan rings is 1. The Morgan fingerprint density at radius 2 is 2.04 bits per heavy atom. The van der Waals surface area contributed by atoms with Crippen molar-refractivity contribution in [1.29, 1.82) is 0 Å². The van der Waals surface area contributed by atoms with Crippen molar-refractivity contribution in [3.05, 3.63) is 48.0 Å². The lowest BCUT2D eigenvalue weighted by molar-refractivity contribution is -0.122. The predicted molar refractivity (Wildman–Crippen MR) is 82.2 cm³/mol. The third-order valence-corrected chi connectivity index (χ3v) is 3.81. The van der Waals surface area contributed by atoms with E-state index in [1.54, 1.807) is 24.3 Å². The third-order valence-electron chi connectivity index (χ3n) is 3.81. The summed E-state index contributed by atoms with van der Waals surface area (Å²) in [6.45, 7) is 0.628. The van der Waals surface area contributed by atoms with E-state index in [0.29, 0.717) is 18.5 Å². The van der Waals surface area contributed by atoms with E-state index in [9.17, 15) is 14.0 Å². The van der Waals surface area contributed by atoms with Gasteiger partial charge in [-0.2, -0.15) is 0 Å².